The minimum atomic E-state index is -0.171. The number of fused-ring (bicyclic) bond motifs is 23. The third-order valence-electron chi connectivity index (χ3n) is 23.6. The van der Waals surface area contributed by atoms with Crippen LogP contribution in [0.1, 0.15) is 49.9 Å². The molecule has 22 rings (SSSR count). The molecule has 0 saturated carbocycles. The van der Waals surface area contributed by atoms with Crippen molar-refractivity contribution in [3.8, 4) is 62.4 Å². The summed E-state index contributed by atoms with van der Waals surface area (Å²) in [6, 6.07) is 129. The van der Waals surface area contributed by atoms with Crippen LogP contribution < -0.4 is 9.80 Å². The molecule has 0 radical (unpaired) electrons. The average Bonchev–Trinajstić information content (AvgIpc) is 1.50. The fourth-order valence-corrected chi connectivity index (χ4v) is 18.7. The molecule has 0 fully saturated rings. The van der Waals surface area contributed by atoms with Crippen molar-refractivity contribution >= 4 is 121 Å². The lowest BCUT2D eigenvalue weighted by molar-refractivity contribution is 0.660. The first-order chi connectivity index (χ1) is 53.6. The molecule has 0 atom stereocenters. The molecule has 2 aliphatic carbocycles. The first-order valence-electron chi connectivity index (χ1n) is 37.7. The predicted molar refractivity (Wildman–Crippen MR) is 453 cm³/mol. The number of nitrogens with zero attached hydrogens (tertiary/aromatic N) is 8. The van der Waals surface area contributed by atoms with Crippen LogP contribution in [0, 0.1) is 0 Å². The van der Waals surface area contributed by atoms with E-state index in [1.54, 1.807) is 0 Å². The van der Waals surface area contributed by atoms with Gasteiger partial charge in [-0.2, -0.15) is 9.97 Å². The van der Waals surface area contributed by atoms with E-state index in [2.05, 4.69) is 391 Å². The van der Waals surface area contributed by atoms with Gasteiger partial charge in [0.05, 0.1) is 33.1 Å². The average molecular weight is 1400 g/mol. The van der Waals surface area contributed by atoms with Gasteiger partial charge in [0.1, 0.15) is 0 Å². The van der Waals surface area contributed by atoms with E-state index in [0.717, 1.165) is 138 Å². The summed E-state index contributed by atoms with van der Waals surface area (Å²) < 4.78 is 7.51. The van der Waals surface area contributed by atoms with Crippen LogP contribution in [0.4, 0.5) is 34.1 Å². The monoisotopic (exact) mass is 1390 g/mol. The smallest absolute Gasteiger partial charge is 0.238 e. The van der Waals surface area contributed by atoms with E-state index in [1.807, 2.05) is 12.1 Å². The molecule has 109 heavy (non-hydrogen) atoms. The molecular formula is C101H70N8. The number of benzene rings is 16. The first-order valence-corrected chi connectivity index (χ1v) is 37.7. The Kier molecular flexibility index (Phi) is 13.6. The lowest BCUT2D eigenvalue weighted by Crippen LogP contribution is -2.15. The second-order valence-electron chi connectivity index (χ2n) is 30.2. The molecule has 8 nitrogen and oxygen atoms in total. The van der Waals surface area contributed by atoms with E-state index >= 15 is 0 Å². The van der Waals surface area contributed by atoms with Crippen LogP contribution >= 0.6 is 0 Å². The van der Waals surface area contributed by atoms with Crippen LogP contribution in [0.15, 0.2) is 352 Å². The molecule has 16 aromatic carbocycles. The maximum atomic E-state index is 5.66. The molecule has 4 aromatic heterocycles. The molecule has 0 N–H and O–H groups in total. The maximum Gasteiger partial charge on any atom is 0.238 e. The van der Waals surface area contributed by atoms with Gasteiger partial charge in [0.15, 0.2) is 11.6 Å². The maximum absolute atomic E-state index is 5.66. The van der Waals surface area contributed by atoms with Gasteiger partial charge in [-0.25, -0.2) is 4.98 Å². The van der Waals surface area contributed by atoms with Crippen LogP contribution in [0.2, 0.25) is 0 Å². The van der Waals surface area contributed by atoms with E-state index in [-0.39, 0.29) is 10.8 Å². The number of para-hydroxylation sites is 4. The minimum Gasteiger partial charge on any atom is -0.310 e. The molecule has 514 valence electrons. The van der Waals surface area contributed by atoms with Gasteiger partial charge < -0.3 is 18.9 Å². The quantitative estimate of drug-likeness (QED) is 0.129. The third-order valence-corrected chi connectivity index (χ3v) is 23.6. The molecule has 20 aromatic rings. The highest BCUT2D eigenvalue weighted by molar-refractivity contribution is 6.44. The van der Waals surface area contributed by atoms with E-state index in [0.29, 0.717) is 17.6 Å². The standard InChI is InChI=1S/C101H70N8/c1-100(2)83-49-29-27-43-73(83)79-59-69(51-55-85(79)100)105(65-35-15-7-16-36-65)71-53-57-87-81(61-71)91-93(107(87)67-39-19-9-20-40-67)77-47-25-23-45-75(77)89-90-76-46-24-26-48-78(76)94-92(96(90)108(95(89)91)68-41-21-10-22-42-68)82-62-72(106(66-37-17-8-18-38-66)70-52-56-86-80(60-70)74-44-28-30-50-84(74)101(86,3)4)54-58-88(82)109(94)99-103-97(63-31-11-5-12-32-63)102-98(104-99)64-33-13-6-14-34-64/h5-62H,1-4H3. The van der Waals surface area contributed by atoms with Gasteiger partial charge in [0.2, 0.25) is 5.95 Å². The molecule has 0 amide bonds. The molecule has 0 saturated heterocycles. The summed E-state index contributed by atoms with van der Waals surface area (Å²) in [5.74, 6) is 1.67. The van der Waals surface area contributed by atoms with Crippen LogP contribution in [0.3, 0.4) is 0 Å². The third kappa shape index (κ3) is 9.22. The summed E-state index contributed by atoms with van der Waals surface area (Å²) in [7, 11) is 0. The second-order valence-corrected chi connectivity index (χ2v) is 30.2. The van der Waals surface area contributed by atoms with Crippen LogP contribution in [-0.4, -0.2) is 28.7 Å². The summed E-state index contributed by atoms with van der Waals surface area (Å²) >= 11 is 0. The van der Waals surface area contributed by atoms with Gasteiger partial charge in [0.25, 0.3) is 0 Å². The van der Waals surface area contributed by atoms with Crippen molar-refractivity contribution in [1.82, 2.24) is 28.7 Å². The SMILES string of the molecule is CC1(C)c2ccccc2-c2cc(N(c3ccccc3)c3ccc4c(c3)c3c(c5ccccc5c5c6c7ccccc7c7c(c8cc(N(c9ccccc9)c9ccc%10c(c9)-c9ccccc9C%10(C)C)ccc8n7-c7nc(-c8ccccc8)nc(-c8ccccc8)n7)c6n(-c6ccccc6)c53)n4-c3ccccc3)ccc21. The number of hydrogen-bond donors (Lipinski definition) is 0. The molecule has 0 aliphatic heterocycles. The fourth-order valence-electron chi connectivity index (χ4n) is 18.7. The summed E-state index contributed by atoms with van der Waals surface area (Å²) in [4.78, 5) is 21.6. The Morgan fingerprint density at radius 3 is 1.03 bits per heavy atom. The van der Waals surface area contributed by atoms with Crippen molar-refractivity contribution < 1.29 is 0 Å². The van der Waals surface area contributed by atoms with Gasteiger partial charge >= 0.3 is 0 Å². The molecule has 0 bridgehead atoms. The van der Waals surface area contributed by atoms with Gasteiger partial charge in [-0.05, 0) is 164 Å². The van der Waals surface area contributed by atoms with E-state index in [9.17, 15) is 0 Å². The summed E-state index contributed by atoms with van der Waals surface area (Å²) in [6.07, 6.45) is 0. The predicted octanol–water partition coefficient (Wildman–Crippen LogP) is 26.4. The first kappa shape index (κ1) is 62.4. The molecule has 8 heteroatoms. The Morgan fingerprint density at radius 2 is 0.578 bits per heavy atom. The molecule has 0 spiro atoms. The Labute approximate surface area is 630 Å². The van der Waals surface area contributed by atoms with Crippen molar-refractivity contribution in [3.63, 3.8) is 0 Å². The molecule has 0 unspecified atom stereocenters. The van der Waals surface area contributed by atoms with Crippen LogP contribution in [0.25, 0.3) is 149 Å². The van der Waals surface area contributed by atoms with Gasteiger partial charge in [-0.15, -0.1) is 0 Å². The van der Waals surface area contributed by atoms with E-state index in [1.165, 1.54) is 49.9 Å². The van der Waals surface area contributed by atoms with Crippen molar-refractivity contribution in [2.24, 2.45) is 0 Å². The van der Waals surface area contributed by atoms with Gasteiger partial charge in [-0.3, -0.25) is 4.57 Å². The zero-order valence-corrected chi connectivity index (χ0v) is 60.6. The van der Waals surface area contributed by atoms with E-state index in [4.69, 9.17) is 15.0 Å². The number of anilines is 6. The Morgan fingerprint density at radius 1 is 0.239 bits per heavy atom. The largest absolute Gasteiger partial charge is 0.310 e. The highest BCUT2D eigenvalue weighted by Crippen LogP contribution is 2.57. The Hall–Kier alpha value is -14.0. The second kappa shape index (κ2) is 23.8. The van der Waals surface area contributed by atoms with Crippen molar-refractivity contribution in [2.45, 2.75) is 38.5 Å². The molecule has 2 aliphatic rings. The van der Waals surface area contributed by atoms with Crippen molar-refractivity contribution in [2.75, 3.05) is 9.80 Å². The highest BCUT2D eigenvalue weighted by atomic mass is 15.2. The van der Waals surface area contributed by atoms with Crippen LogP contribution in [0.5, 0.6) is 0 Å². The van der Waals surface area contributed by atoms with Crippen LogP contribution in [-0.2, 0) is 10.8 Å². The Balaban J connectivity index is 0.921. The zero-order chi connectivity index (χ0) is 72.4. The number of aromatic nitrogens is 6. The van der Waals surface area contributed by atoms with Gasteiger partial charge in [-0.1, -0.05) is 270 Å². The summed E-state index contributed by atoms with van der Waals surface area (Å²) in [5, 5.41) is 11.2. The molecule has 4 heterocycles. The molecular weight excluding hydrogens is 1330 g/mol. The topological polar surface area (TPSA) is 59.9 Å². The minimum absolute atomic E-state index is 0.152. The normalized spacial score (nSPS) is 13.3. The Bertz CT molecular complexity index is 7080. The zero-order valence-electron chi connectivity index (χ0n) is 60.6. The van der Waals surface area contributed by atoms with Crippen molar-refractivity contribution in [1.29, 1.82) is 0 Å². The summed E-state index contributed by atoms with van der Waals surface area (Å²) in [6.45, 7) is 9.43. The lowest BCUT2D eigenvalue weighted by Gasteiger charge is -2.27. The highest BCUT2D eigenvalue weighted by Gasteiger charge is 2.38. The van der Waals surface area contributed by atoms with Crippen molar-refractivity contribution in [3.05, 3.63) is 374 Å². The number of rotatable bonds is 11. The van der Waals surface area contributed by atoms with E-state index < -0.39 is 0 Å². The number of hydrogen-bond acceptors (Lipinski definition) is 5. The van der Waals surface area contributed by atoms with Gasteiger partial charge in [0, 0.05) is 111 Å². The summed E-state index contributed by atoms with van der Waals surface area (Å²) in [5.41, 5.74) is 26.6. The fraction of sp³-hybridized carbons (Fsp3) is 0.0594. The lowest BCUT2D eigenvalue weighted by atomic mass is 9.82.